The van der Waals surface area contributed by atoms with Crippen molar-refractivity contribution >= 4 is 5.96 Å². The molecule has 0 spiro atoms. The average Bonchev–Trinajstić information content (AvgIpc) is 2.25. The van der Waals surface area contributed by atoms with Crippen LogP contribution in [0.25, 0.3) is 0 Å². The highest BCUT2D eigenvalue weighted by Crippen LogP contribution is 2.23. The lowest BCUT2D eigenvalue weighted by Crippen LogP contribution is -2.42. The number of aliphatic imine (C=N–C) groups is 1. The molecule has 0 aliphatic carbocycles. The summed E-state index contributed by atoms with van der Waals surface area (Å²) >= 11 is 0. The van der Waals surface area contributed by atoms with Gasteiger partial charge >= 0.3 is 0 Å². The van der Waals surface area contributed by atoms with Crippen molar-refractivity contribution in [1.29, 1.82) is 0 Å². The molecular formula is C11H15F2N3O. The first-order chi connectivity index (χ1) is 7.86. The Morgan fingerprint density at radius 3 is 2.71 bits per heavy atom. The Kier molecular flexibility index (Phi) is 4.01. The van der Waals surface area contributed by atoms with Gasteiger partial charge in [-0.15, -0.1) is 0 Å². The fraction of sp³-hybridized carbons (Fsp3) is 0.364. The van der Waals surface area contributed by atoms with Crippen molar-refractivity contribution in [2.75, 3.05) is 13.6 Å². The quantitative estimate of drug-likeness (QED) is 0.541. The average molecular weight is 243 g/mol. The highest BCUT2D eigenvalue weighted by Gasteiger charge is 2.26. The Morgan fingerprint density at radius 1 is 1.53 bits per heavy atom. The maximum atomic E-state index is 13.5. The summed E-state index contributed by atoms with van der Waals surface area (Å²) in [6.07, 6.45) is 0. The largest absolute Gasteiger partial charge is 0.383 e. The number of nitrogens with two attached hydrogens (primary N) is 1. The molecule has 1 aromatic carbocycles. The number of aliphatic hydroxyl groups is 1. The number of hydrogen-bond donors (Lipinski definition) is 3. The third-order valence-corrected chi connectivity index (χ3v) is 2.37. The molecule has 17 heavy (non-hydrogen) atoms. The first kappa shape index (κ1) is 13.4. The van der Waals surface area contributed by atoms with Gasteiger partial charge in [-0.2, -0.15) is 0 Å². The Morgan fingerprint density at radius 2 is 2.18 bits per heavy atom. The molecule has 1 unspecified atom stereocenters. The van der Waals surface area contributed by atoms with E-state index in [2.05, 4.69) is 10.3 Å². The van der Waals surface area contributed by atoms with Gasteiger partial charge < -0.3 is 16.2 Å². The SMILES string of the molecule is CN=C(N)NCC(C)(O)c1ccc(F)cc1F. The van der Waals surface area contributed by atoms with Gasteiger partial charge in [-0.25, -0.2) is 8.78 Å². The van der Waals surface area contributed by atoms with E-state index in [1.807, 2.05) is 0 Å². The van der Waals surface area contributed by atoms with Crippen LogP contribution in [0, 0.1) is 11.6 Å². The van der Waals surface area contributed by atoms with E-state index in [0.29, 0.717) is 0 Å². The molecule has 4 nitrogen and oxygen atoms in total. The zero-order valence-corrected chi connectivity index (χ0v) is 9.67. The van der Waals surface area contributed by atoms with Gasteiger partial charge in [0.25, 0.3) is 0 Å². The molecule has 6 heteroatoms. The number of hydrogen-bond acceptors (Lipinski definition) is 2. The molecule has 1 atom stereocenters. The summed E-state index contributed by atoms with van der Waals surface area (Å²) in [5, 5.41) is 12.7. The van der Waals surface area contributed by atoms with Gasteiger partial charge in [0, 0.05) is 18.7 Å². The minimum Gasteiger partial charge on any atom is -0.383 e. The fourth-order valence-electron chi connectivity index (χ4n) is 1.36. The highest BCUT2D eigenvalue weighted by atomic mass is 19.1. The van der Waals surface area contributed by atoms with Crippen LogP contribution in [0.2, 0.25) is 0 Å². The van der Waals surface area contributed by atoms with Crippen LogP contribution in [-0.4, -0.2) is 24.7 Å². The molecule has 1 rings (SSSR count). The predicted octanol–water partition coefficient (Wildman–Crippen LogP) is 0.706. The van der Waals surface area contributed by atoms with E-state index in [1.54, 1.807) is 0 Å². The number of rotatable bonds is 3. The molecule has 0 aliphatic heterocycles. The lowest BCUT2D eigenvalue weighted by Gasteiger charge is -2.24. The molecule has 0 aromatic heterocycles. The maximum absolute atomic E-state index is 13.5. The van der Waals surface area contributed by atoms with Gasteiger partial charge in [-0.1, -0.05) is 6.07 Å². The molecule has 4 N–H and O–H groups in total. The smallest absolute Gasteiger partial charge is 0.188 e. The van der Waals surface area contributed by atoms with Crippen molar-refractivity contribution in [3.8, 4) is 0 Å². The minimum absolute atomic E-state index is 0.00435. The Balaban J connectivity index is 2.89. The Hall–Kier alpha value is -1.69. The molecule has 94 valence electrons. The molecular weight excluding hydrogens is 228 g/mol. The summed E-state index contributed by atoms with van der Waals surface area (Å²) < 4.78 is 26.2. The van der Waals surface area contributed by atoms with E-state index in [1.165, 1.54) is 20.0 Å². The van der Waals surface area contributed by atoms with Crippen molar-refractivity contribution in [2.45, 2.75) is 12.5 Å². The van der Waals surface area contributed by atoms with Gasteiger partial charge in [0.05, 0.1) is 6.54 Å². The lowest BCUT2D eigenvalue weighted by molar-refractivity contribution is 0.0579. The molecule has 0 saturated heterocycles. The third-order valence-electron chi connectivity index (χ3n) is 2.37. The van der Waals surface area contributed by atoms with Gasteiger partial charge in [-0.3, -0.25) is 4.99 Å². The van der Waals surface area contributed by atoms with E-state index in [4.69, 9.17) is 5.73 Å². The zero-order chi connectivity index (χ0) is 13.1. The first-order valence-corrected chi connectivity index (χ1v) is 5.01. The van der Waals surface area contributed by atoms with E-state index >= 15 is 0 Å². The second kappa shape index (κ2) is 5.09. The standard InChI is InChI=1S/C11H15F2N3O/c1-11(17,6-16-10(14)15-2)8-4-3-7(12)5-9(8)13/h3-5,17H,6H2,1-2H3,(H3,14,15,16). The van der Waals surface area contributed by atoms with Gasteiger partial charge in [0.2, 0.25) is 0 Å². The van der Waals surface area contributed by atoms with Crippen LogP contribution in [0.5, 0.6) is 0 Å². The Bertz CT molecular complexity index is 433. The van der Waals surface area contributed by atoms with Gasteiger partial charge in [-0.05, 0) is 13.0 Å². The van der Waals surface area contributed by atoms with Crippen molar-refractivity contribution in [3.63, 3.8) is 0 Å². The molecule has 0 amide bonds. The number of nitrogens with one attached hydrogen (secondary N) is 1. The normalized spacial score (nSPS) is 15.5. The van der Waals surface area contributed by atoms with Crippen LogP contribution < -0.4 is 11.1 Å². The summed E-state index contributed by atoms with van der Waals surface area (Å²) in [5.41, 5.74) is 3.88. The second-order valence-corrected chi connectivity index (χ2v) is 3.86. The Labute approximate surface area is 98.2 Å². The molecule has 0 saturated carbocycles. The summed E-state index contributed by atoms with van der Waals surface area (Å²) in [6.45, 7) is 1.37. The van der Waals surface area contributed by atoms with Crippen molar-refractivity contribution < 1.29 is 13.9 Å². The molecule has 0 fully saturated rings. The van der Waals surface area contributed by atoms with Crippen molar-refractivity contribution in [2.24, 2.45) is 10.7 Å². The fourth-order valence-corrected chi connectivity index (χ4v) is 1.36. The predicted molar refractivity (Wildman–Crippen MR) is 61.5 cm³/mol. The zero-order valence-electron chi connectivity index (χ0n) is 9.67. The van der Waals surface area contributed by atoms with Gasteiger partial charge in [0.1, 0.15) is 17.2 Å². The summed E-state index contributed by atoms with van der Waals surface area (Å²) in [6, 6.07) is 3.01. The summed E-state index contributed by atoms with van der Waals surface area (Å²) in [7, 11) is 1.48. The number of nitrogens with zero attached hydrogens (tertiary/aromatic N) is 1. The topological polar surface area (TPSA) is 70.6 Å². The molecule has 0 aliphatic rings. The first-order valence-electron chi connectivity index (χ1n) is 5.01. The van der Waals surface area contributed by atoms with E-state index in [0.717, 1.165) is 12.1 Å². The van der Waals surface area contributed by atoms with E-state index in [9.17, 15) is 13.9 Å². The van der Waals surface area contributed by atoms with Crippen LogP contribution in [0.3, 0.4) is 0 Å². The van der Waals surface area contributed by atoms with E-state index in [-0.39, 0.29) is 18.1 Å². The molecule has 0 bridgehead atoms. The summed E-state index contributed by atoms with van der Waals surface area (Å²) in [4.78, 5) is 3.64. The van der Waals surface area contributed by atoms with Crippen LogP contribution >= 0.6 is 0 Å². The number of guanidine groups is 1. The van der Waals surface area contributed by atoms with Crippen LogP contribution in [0.1, 0.15) is 12.5 Å². The summed E-state index contributed by atoms with van der Waals surface area (Å²) in [5.74, 6) is -1.36. The lowest BCUT2D eigenvalue weighted by atomic mass is 9.95. The minimum atomic E-state index is -1.51. The van der Waals surface area contributed by atoms with Crippen LogP contribution in [0.15, 0.2) is 23.2 Å². The highest BCUT2D eigenvalue weighted by molar-refractivity contribution is 5.77. The third kappa shape index (κ3) is 3.39. The molecule has 0 heterocycles. The monoisotopic (exact) mass is 243 g/mol. The second-order valence-electron chi connectivity index (χ2n) is 3.86. The number of benzene rings is 1. The molecule has 0 radical (unpaired) electrons. The van der Waals surface area contributed by atoms with Crippen molar-refractivity contribution in [3.05, 3.63) is 35.4 Å². The van der Waals surface area contributed by atoms with Crippen LogP contribution in [-0.2, 0) is 5.60 Å². The van der Waals surface area contributed by atoms with Gasteiger partial charge in [0.15, 0.2) is 5.96 Å². The maximum Gasteiger partial charge on any atom is 0.188 e. The number of halogens is 2. The van der Waals surface area contributed by atoms with Crippen LogP contribution in [0.4, 0.5) is 8.78 Å². The molecule has 1 aromatic rings. The van der Waals surface area contributed by atoms with Crippen molar-refractivity contribution in [1.82, 2.24) is 5.32 Å². The van der Waals surface area contributed by atoms with E-state index < -0.39 is 17.2 Å².